The number of aromatic nitrogens is 1. The van der Waals surface area contributed by atoms with Crippen LogP contribution >= 0.6 is 34.5 Å². The molecule has 2 aromatic carbocycles. The van der Waals surface area contributed by atoms with Crippen LogP contribution in [0.3, 0.4) is 0 Å². The van der Waals surface area contributed by atoms with Crippen LogP contribution in [0.1, 0.15) is 17.3 Å². The van der Waals surface area contributed by atoms with Crippen molar-refractivity contribution >= 4 is 50.7 Å². The van der Waals surface area contributed by atoms with Crippen molar-refractivity contribution in [1.82, 2.24) is 4.57 Å². The highest BCUT2D eigenvalue weighted by atomic mass is 35.5. The highest BCUT2D eigenvalue weighted by molar-refractivity contribution is 7.16. The lowest BCUT2D eigenvalue weighted by Crippen LogP contribution is -2.19. The lowest BCUT2D eigenvalue weighted by molar-refractivity contribution is 0.0997. The smallest absolute Gasteiger partial charge is 0.281 e. The average Bonchev–Trinajstić information content (AvgIpc) is 3.00. The molecule has 0 saturated carbocycles. The molecule has 0 atom stereocenters. The van der Waals surface area contributed by atoms with E-state index in [9.17, 15) is 4.79 Å². The average molecular weight is 425 g/mol. The Morgan fingerprint density at radius 3 is 2.81 bits per heavy atom. The van der Waals surface area contributed by atoms with Gasteiger partial charge in [-0.1, -0.05) is 40.6 Å². The summed E-state index contributed by atoms with van der Waals surface area (Å²) in [7, 11) is 1.63. The Labute approximate surface area is 170 Å². The van der Waals surface area contributed by atoms with Crippen LogP contribution in [-0.4, -0.2) is 30.8 Å². The van der Waals surface area contributed by atoms with Crippen LogP contribution in [0.5, 0.6) is 5.75 Å². The SMILES string of the molecule is CCOc1cccc2sc(=NC(=O)c3cc(Cl)ccc3Cl)n(CCOC)c12. The first-order chi connectivity index (χ1) is 13.0. The van der Waals surface area contributed by atoms with Crippen LogP contribution in [-0.2, 0) is 11.3 Å². The molecule has 27 heavy (non-hydrogen) atoms. The van der Waals surface area contributed by atoms with Crippen molar-refractivity contribution < 1.29 is 14.3 Å². The second kappa shape index (κ2) is 8.89. The van der Waals surface area contributed by atoms with Gasteiger partial charge in [0.1, 0.15) is 11.3 Å². The fraction of sp³-hybridized carbons (Fsp3) is 0.263. The molecule has 5 nitrogen and oxygen atoms in total. The van der Waals surface area contributed by atoms with E-state index >= 15 is 0 Å². The van der Waals surface area contributed by atoms with Gasteiger partial charge in [-0.15, -0.1) is 0 Å². The summed E-state index contributed by atoms with van der Waals surface area (Å²) in [6, 6.07) is 10.5. The highest BCUT2D eigenvalue weighted by Gasteiger charge is 2.15. The van der Waals surface area contributed by atoms with Crippen molar-refractivity contribution in [3.8, 4) is 5.75 Å². The lowest BCUT2D eigenvalue weighted by atomic mass is 10.2. The highest BCUT2D eigenvalue weighted by Crippen LogP contribution is 2.28. The fourth-order valence-electron chi connectivity index (χ4n) is 2.65. The summed E-state index contributed by atoms with van der Waals surface area (Å²) in [5.74, 6) is 0.301. The minimum absolute atomic E-state index is 0.268. The number of para-hydroxylation sites is 1. The first-order valence-corrected chi connectivity index (χ1v) is 9.90. The molecule has 3 aromatic rings. The van der Waals surface area contributed by atoms with E-state index in [1.165, 1.54) is 17.4 Å². The molecule has 1 amide bonds. The molecular formula is C19H18Cl2N2O3S. The van der Waals surface area contributed by atoms with Crippen molar-refractivity contribution in [1.29, 1.82) is 0 Å². The molecule has 8 heteroatoms. The van der Waals surface area contributed by atoms with Gasteiger partial charge in [-0.3, -0.25) is 4.79 Å². The van der Waals surface area contributed by atoms with E-state index in [0.29, 0.717) is 34.6 Å². The van der Waals surface area contributed by atoms with Gasteiger partial charge in [0.25, 0.3) is 5.91 Å². The van der Waals surface area contributed by atoms with Crippen LogP contribution in [0.25, 0.3) is 10.2 Å². The van der Waals surface area contributed by atoms with E-state index < -0.39 is 5.91 Å². The molecule has 0 unspecified atom stereocenters. The molecule has 0 N–H and O–H groups in total. The Bertz CT molecular complexity index is 1040. The first-order valence-electron chi connectivity index (χ1n) is 8.33. The van der Waals surface area contributed by atoms with Gasteiger partial charge in [-0.25, -0.2) is 0 Å². The molecule has 1 heterocycles. The third kappa shape index (κ3) is 4.35. The number of thiazole rings is 1. The van der Waals surface area contributed by atoms with Crippen LogP contribution < -0.4 is 9.54 Å². The summed E-state index contributed by atoms with van der Waals surface area (Å²) in [5, 5.41) is 0.743. The third-order valence-corrected chi connectivity index (χ3v) is 5.45. The number of rotatable bonds is 6. The van der Waals surface area contributed by atoms with Gasteiger partial charge in [0, 0.05) is 18.7 Å². The summed E-state index contributed by atoms with van der Waals surface area (Å²) in [4.78, 5) is 17.6. The maximum absolute atomic E-state index is 12.7. The summed E-state index contributed by atoms with van der Waals surface area (Å²) in [6.07, 6.45) is 0. The number of hydrogen-bond acceptors (Lipinski definition) is 4. The molecular weight excluding hydrogens is 407 g/mol. The van der Waals surface area contributed by atoms with E-state index in [1.54, 1.807) is 19.2 Å². The van der Waals surface area contributed by atoms with Crippen molar-refractivity contribution in [2.24, 2.45) is 4.99 Å². The van der Waals surface area contributed by atoms with Gasteiger partial charge in [-0.05, 0) is 37.3 Å². The van der Waals surface area contributed by atoms with E-state index in [0.717, 1.165) is 16.0 Å². The normalized spacial score (nSPS) is 11.9. The standard InChI is InChI=1S/C19H18Cl2N2O3S/c1-3-26-15-5-4-6-16-17(15)23(9-10-25-2)19(27-16)22-18(24)13-11-12(20)7-8-14(13)21/h4-8,11H,3,9-10H2,1-2H3. The van der Waals surface area contributed by atoms with Crippen LogP contribution in [0.15, 0.2) is 41.4 Å². The van der Waals surface area contributed by atoms with Crippen LogP contribution in [0.4, 0.5) is 0 Å². The van der Waals surface area contributed by atoms with E-state index in [1.807, 2.05) is 29.7 Å². The molecule has 1 aromatic heterocycles. The minimum atomic E-state index is -0.446. The summed E-state index contributed by atoms with van der Waals surface area (Å²) in [5.41, 5.74) is 1.16. The summed E-state index contributed by atoms with van der Waals surface area (Å²) in [6.45, 7) is 3.49. The Balaban J connectivity index is 2.17. The topological polar surface area (TPSA) is 52.8 Å². The second-order valence-electron chi connectivity index (χ2n) is 5.61. The molecule has 0 fully saturated rings. The Morgan fingerprint density at radius 2 is 2.07 bits per heavy atom. The number of nitrogens with zero attached hydrogens (tertiary/aromatic N) is 2. The van der Waals surface area contributed by atoms with Gasteiger partial charge in [0.05, 0.1) is 28.5 Å². The minimum Gasteiger partial charge on any atom is -0.492 e. The van der Waals surface area contributed by atoms with E-state index in [-0.39, 0.29) is 5.56 Å². The van der Waals surface area contributed by atoms with Crippen LogP contribution in [0.2, 0.25) is 10.0 Å². The number of carbonyl (C=O) groups is 1. The lowest BCUT2D eigenvalue weighted by Gasteiger charge is -2.09. The zero-order chi connectivity index (χ0) is 19.4. The molecule has 0 saturated heterocycles. The molecule has 0 aliphatic rings. The Kier molecular flexibility index (Phi) is 6.55. The zero-order valence-corrected chi connectivity index (χ0v) is 17.2. The molecule has 3 rings (SSSR count). The van der Waals surface area contributed by atoms with Crippen molar-refractivity contribution in [2.75, 3.05) is 20.3 Å². The largest absolute Gasteiger partial charge is 0.492 e. The molecule has 0 aliphatic carbocycles. The monoisotopic (exact) mass is 424 g/mol. The summed E-state index contributed by atoms with van der Waals surface area (Å²) < 4.78 is 13.9. The maximum atomic E-state index is 12.7. The zero-order valence-electron chi connectivity index (χ0n) is 14.9. The molecule has 142 valence electrons. The predicted molar refractivity (Wildman–Crippen MR) is 109 cm³/mol. The van der Waals surface area contributed by atoms with Crippen molar-refractivity contribution in [3.63, 3.8) is 0 Å². The third-order valence-electron chi connectivity index (χ3n) is 3.84. The number of halogens is 2. The Hall–Kier alpha value is -1.86. The fourth-order valence-corrected chi connectivity index (χ4v) is 4.10. The van der Waals surface area contributed by atoms with Gasteiger partial charge in [0.15, 0.2) is 4.80 Å². The maximum Gasteiger partial charge on any atom is 0.281 e. The number of ether oxygens (including phenoxy) is 2. The van der Waals surface area contributed by atoms with Crippen molar-refractivity contribution in [3.05, 3.63) is 56.8 Å². The van der Waals surface area contributed by atoms with Gasteiger partial charge >= 0.3 is 0 Å². The van der Waals surface area contributed by atoms with Crippen molar-refractivity contribution in [2.45, 2.75) is 13.5 Å². The van der Waals surface area contributed by atoms with Gasteiger partial charge in [-0.2, -0.15) is 4.99 Å². The second-order valence-corrected chi connectivity index (χ2v) is 7.46. The van der Waals surface area contributed by atoms with Gasteiger partial charge in [0.2, 0.25) is 0 Å². The Morgan fingerprint density at radius 1 is 1.26 bits per heavy atom. The number of amides is 1. The number of methoxy groups -OCH3 is 1. The van der Waals surface area contributed by atoms with E-state index in [4.69, 9.17) is 32.7 Å². The molecule has 0 radical (unpaired) electrons. The number of carbonyl (C=O) groups excluding carboxylic acids is 1. The quantitative estimate of drug-likeness (QED) is 0.570. The van der Waals surface area contributed by atoms with Gasteiger partial charge < -0.3 is 14.0 Å². The predicted octanol–water partition coefficient (Wildman–Crippen LogP) is 4.80. The van der Waals surface area contributed by atoms with E-state index in [2.05, 4.69) is 4.99 Å². The first kappa shape index (κ1) is 19.9. The number of hydrogen-bond donors (Lipinski definition) is 0. The van der Waals surface area contributed by atoms with Crippen LogP contribution in [0, 0.1) is 0 Å². The molecule has 0 bridgehead atoms. The number of fused-ring (bicyclic) bond motifs is 1. The number of benzene rings is 2. The molecule has 0 spiro atoms. The summed E-state index contributed by atoms with van der Waals surface area (Å²) >= 11 is 13.5. The molecule has 0 aliphatic heterocycles.